The minimum atomic E-state index is -0.169. The summed E-state index contributed by atoms with van der Waals surface area (Å²) in [7, 11) is 0. The molecule has 0 unspecified atom stereocenters. The lowest BCUT2D eigenvalue weighted by Gasteiger charge is -2.11. The van der Waals surface area contributed by atoms with E-state index in [0.717, 1.165) is 29.7 Å². The molecule has 30 heavy (non-hydrogen) atoms. The third-order valence-electron chi connectivity index (χ3n) is 4.66. The Kier molecular flexibility index (Phi) is 6.15. The van der Waals surface area contributed by atoms with Crippen molar-refractivity contribution < 1.29 is 4.79 Å². The SMILES string of the molecule is C=C(Cc1ccncc1)Cn1cccc1C(=O)Nc1nc(Cc2ccccc2)cs1. The zero-order valence-corrected chi connectivity index (χ0v) is 17.3. The van der Waals surface area contributed by atoms with Gasteiger partial charge in [0, 0.05) is 36.9 Å². The highest BCUT2D eigenvalue weighted by Gasteiger charge is 2.14. The summed E-state index contributed by atoms with van der Waals surface area (Å²) < 4.78 is 1.91. The number of carbonyl (C=O) groups excluding carboxylic acids is 1. The molecule has 5 nitrogen and oxygen atoms in total. The largest absolute Gasteiger partial charge is 0.339 e. The molecule has 3 aromatic heterocycles. The van der Waals surface area contributed by atoms with Crippen LogP contribution in [0.5, 0.6) is 0 Å². The molecule has 0 aliphatic heterocycles. The maximum Gasteiger partial charge on any atom is 0.274 e. The van der Waals surface area contributed by atoms with Crippen molar-refractivity contribution in [2.45, 2.75) is 19.4 Å². The standard InChI is InChI=1S/C24H22N4OS/c1-18(14-20-9-11-25-12-10-20)16-28-13-5-8-22(28)23(29)27-24-26-21(17-30-24)15-19-6-3-2-4-7-19/h2-13,17H,1,14-16H2,(H,26,27,29). The quantitative estimate of drug-likeness (QED) is 0.414. The molecule has 6 heteroatoms. The van der Waals surface area contributed by atoms with Crippen LogP contribution < -0.4 is 5.32 Å². The average Bonchev–Trinajstić information content (AvgIpc) is 3.39. The Morgan fingerprint density at radius 1 is 1.03 bits per heavy atom. The predicted molar refractivity (Wildman–Crippen MR) is 121 cm³/mol. The van der Waals surface area contributed by atoms with Gasteiger partial charge in [-0.25, -0.2) is 4.98 Å². The number of aromatic nitrogens is 3. The molecule has 1 N–H and O–H groups in total. The van der Waals surface area contributed by atoms with Crippen molar-refractivity contribution in [1.82, 2.24) is 14.5 Å². The lowest BCUT2D eigenvalue weighted by molar-refractivity contribution is 0.101. The monoisotopic (exact) mass is 414 g/mol. The Balaban J connectivity index is 1.38. The van der Waals surface area contributed by atoms with Gasteiger partial charge >= 0.3 is 0 Å². The Morgan fingerprint density at radius 2 is 1.83 bits per heavy atom. The van der Waals surface area contributed by atoms with E-state index in [1.54, 1.807) is 12.4 Å². The molecule has 0 aliphatic rings. The number of pyridine rings is 1. The Morgan fingerprint density at radius 3 is 2.63 bits per heavy atom. The second-order valence-electron chi connectivity index (χ2n) is 7.06. The lowest BCUT2D eigenvalue weighted by Crippen LogP contribution is -2.17. The number of allylic oxidation sites excluding steroid dienone is 1. The van der Waals surface area contributed by atoms with Crippen LogP contribution in [0.4, 0.5) is 5.13 Å². The normalized spacial score (nSPS) is 10.7. The second-order valence-corrected chi connectivity index (χ2v) is 7.92. The van der Waals surface area contributed by atoms with Crippen molar-refractivity contribution in [3.8, 4) is 0 Å². The Bertz CT molecular complexity index is 1130. The highest BCUT2D eigenvalue weighted by Crippen LogP contribution is 2.19. The number of carbonyl (C=O) groups is 1. The van der Waals surface area contributed by atoms with Gasteiger partial charge in [-0.1, -0.05) is 42.5 Å². The van der Waals surface area contributed by atoms with Gasteiger partial charge in [-0.15, -0.1) is 11.3 Å². The van der Waals surface area contributed by atoms with Crippen LogP contribution in [0.15, 0.2) is 90.7 Å². The molecule has 0 fully saturated rings. The van der Waals surface area contributed by atoms with Crippen molar-refractivity contribution in [2.75, 3.05) is 5.32 Å². The summed E-state index contributed by atoms with van der Waals surface area (Å²) in [6.07, 6.45) is 6.94. The topological polar surface area (TPSA) is 59.8 Å². The van der Waals surface area contributed by atoms with Crippen molar-refractivity contribution in [1.29, 1.82) is 0 Å². The number of amides is 1. The number of nitrogens with one attached hydrogen (secondary N) is 1. The van der Waals surface area contributed by atoms with E-state index in [2.05, 4.69) is 34.0 Å². The molecule has 1 amide bonds. The van der Waals surface area contributed by atoms with Crippen molar-refractivity contribution in [3.63, 3.8) is 0 Å². The first-order chi connectivity index (χ1) is 14.7. The molecule has 4 rings (SSSR count). The van der Waals surface area contributed by atoms with Crippen LogP contribution in [0.1, 0.15) is 27.3 Å². The third-order valence-corrected chi connectivity index (χ3v) is 5.47. The summed E-state index contributed by atoms with van der Waals surface area (Å²) in [5.74, 6) is -0.169. The van der Waals surface area contributed by atoms with Crippen LogP contribution in [0.25, 0.3) is 0 Å². The van der Waals surface area contributed by atoms with Gasteiger partial charge in [0.05, 0.1) is 5.69 Å². The zero-order valence-electron chi connectivity index (χ0n) is 16.5. The van der Waals surface area contributed by atoms with E-state index in [4.69, 9.17) is 0 Å². The van der Waals surface area contributed by atoms with Gasteiger partial charge in [-0.2, -0.15) is 0 Å². The molecular formula is C24H22N4OS. The number of rotatable bonds is 8. The summed E-state index contributed by atoms with van der Waals surface area (Å²) in [5, 5.41) is 5.51. The Hall–Kier alpha value is -3.51. The molecule has 150 valence electrons. The van der Waals surface area contributed by atoms with Gasteiger partial charge in [0.1, 0.15) is 5.69 Å². The van der Waals surface area contributed by atoms with E-state index in [1.807, 2.05) is 58.6 Å². The summed E-state index contributed by atoms with van der Waals surface area (Å²) in [5.41, 5.74) is 4.91. The van der Waals surface area contributed by atoms with Crippen LogP contribution in [0.2, 0.25) is 0 Å². The van der Waals surface area contributed by atoms with E-state index < -0.39 is 0 Å². The molecule has 0 saturated carbocycles. The van der Waals surface area contributed by atoms with Gasteiger partial charge in [0.15, 0.2) is 5.13 Å². The molecular weight excluding hydrogens is 392 g/mol. The number of anilines is 1. The lowest BCUT2D eigenvalue weighted by atomic mass is 10.1. The first kappa shape index (κ1) is 19.8. The van der Waals surface area contributed by atoms with E-state index >= 15 is 0 Å². The Labute approximate surface area is 179 Å². The maximum absolute atomic E-state index is 12.8. The fourth-order valence-corrected chi connectivity index (χ4v) is 3.96. The van der Waals surface area contributed by atoms with Gasteiger partial charge in [-0.05, 0) is 41.8 Å². The smallest absolute Gasteiger partial charge is 0.274 e. The number of nitrogens with zero attached hydrogens (tertiary/aromatic N) is 3. The van der Waals surface area contributed by atoms with Gasteiger partial charge in [-0.3, -0.25) is 15.1 Å². The van der Waals surface area contributed by atoms with E-state index in [0.29, 0.717) is 17.4 Å². The molecule has 0 atom stereocenters. The average molecular weight is 415 g/mol. The van der Waals surface area contributed by atoms with Crippen LogP contribution in [-0.4, -0.2) is 20.4 Å². The highest BCUT2D eigenvalue weighted by atomic mass is 32.1. The molecule has 0 aliphatic carbocycles. The van der Waals surface area contributed by atoms with Crippen molar-refractivity contribution in [2.24, 2.45) is 0 Å². The first-order valence-electron chi connectivity index (χ1n) is 9.68. The van der Waals surface area contributed by atoms with Gasteiger partial charge < -0.3 is 4.57 Å². The number of hydrogen-bond acceptors (Lipinski definition) is 4. The first-order valence-corrected chi connectivity index (χ1v) is 10.6. The van der Waals surface area contributed by atoms with Crippen LogP contribution in [0.3, 0.4) is 0 Å². The minimum absolute atomic E-state index is 0.169. The van der Waals surface area contributed by atoms with E-state index in [1.165, 1.54) is 16.9 Å². The zero-order chi connectivity index (χ0) is 20.8. The summed E-state index contributed by atoms with van der Waals surface area (Å²) >= 11 is 1.44. The van der Waals surface area contributed by atoms with Crippen LogP contribution in [-0.2, 0) is 19.4 Å². The number of thiazole rings is 1. The molecule has 0 radical (unpaired) electrons. The fourth-order valence-electron chi connectivity index (χ4n) is 3.26. The molecule has 0 bridgehead atoms. The third kappa shape index (κ3) is 5.10. The van der Waals surface area contributed by atoms with Gasteiger partial charge in [0.2, 0.25) is 0 Å². The van der Waals surface area contributed by atoms with Crippen molar-refractivity contribution in [3.05, 3.63) is 113 Å². The highest BCUT2D eigenvalue weighted by molar-refractivity contribution is 7.14. The summed E-state index contributed by atoms with van der Waals surface area (Å²) in [6, 6.07) is 17.8. The van der Waals surface area contributed by atoms with Crippen LogP contribution in [0, 0.1) is 0 Å². The molecule has 3 heterocycles. The molecule has 4 aromatic rings. The predicted octanol–water partition coefficient (Wildman–Crippen LogP) is 4.98. The number of hydrogen-bond donors (Lipinski definition) is 1. The van der Waals surface area contributed by atoms with Gasteiger partial charge in [0.25, 0.3) is 5.91 Å². The maximum atomic E-state index is 12.8. The van der Waals surface area contributed by atoms with E-state index in [9.17, 15) is 4.79 Å². The second kappa shape index (κ2) is 9.33. The number of benzene rings is 1. The summed E-state index contributed by atoms with van der Waals surface area (Å²) in [4.78, 5) is 21.4. The molecule has 1 aromatic carbocycles. The molecule has 0 spiro atoms. The molecule has 0 saturated heterocycles. The summed E-state index contributed by atoms with van der Waals surface area (Å²) in [6.45, 7) is 4.75. The fraction of sp³-hybridized carbons (Fsp3) is 0.125. The van der Waals surface area contributed by atoms with E-state index in [-0.39, 0.29) is 5.91 Å². The van der Waals surface area contributed by atoms with Crippen LogP contribution >= 0.6 is 11.3 Å². The van der Waals surface area contributed by atoms with Crippen molar-refractivity contribution >= 4 is 22.4 Å². The minimum Gasteiger partial charge on any atom is -0.339 e.